The maximum absolute atomic E-state index is 12.4. The van der Waals surface area contributed by atoms with E-state index in [0.29, 0.717) is 37.4 Å². The van der Waals surface area contributed by atoms with Gasteiger partial charge < -0.3 is 25.8 Å². The molecule has 142 valence electrons. The van der Waals surface area contributed by atoms with Crippen LogP contribution in [0.25, 0.3) is 0 Å². The molecule has 2 aliphatic heterocycles. The zero-order chi connectivity index (χ0) is 18.6. The van der Waals surface area contributed by atoms with Gasteiger partial charge in [-0.25, -0.2) is 0 Å². The van der Waals surface area contributed by atoms with Gasteiger partial charge in [-0.1, -0.05) is 0 Å². The van der Waals surface area contributed by atoms with Gasteiger partial charge in [0.25, 0.3) is 0 Å². The van der Waals surface area contributed by atoms with Gasteiger partial charge in [-0.3, -0.25) is 9.59 Å². The molecular formula is C19H27N3O4. The van der Waals surface area contributed by atoms with Crippen LogP contribution in [-0.2, 0) is 4.79 Å². The number of benzene rings is 1. The van der Waals surface area contributed by atoms with Crippen molar-refractivity contribution < 1.29 is 19.4 Å². The van der Waals surface area contributed by atoms with Gasteiger partial charge in [0.2, 0.25) is 11.8 Å². The van der Waals surface area contributed by atoms with Crippen LogP contribution >= 0.6 is 0 Å². The number of hydrogen-bond acceptors (Lipinski definition) is 5. The number of primary amides is 1. The Morgan fingerprint density at radius 3 is 2.85 bits per heavy atom. The van der Waals surface area contributed by atoms with Crippen molar-refractivity contribution in [2.45, 2.75) is 31.8 Å². The van der Waals surface area contributed by atoms with Gasteiger partial charge in [0.05, 0.1) is 18.1 Å². The fourth-order valence-corrected chi connectivity index (χ4v) is 3.91. The Morgan fingerprint density at radius 2 is 2.15 bits per heavy atom. The van der Waals surface area contributed by atoms with Crippen LogP contribution in [0, 0.1) is 5.41 Å². The van der Waals surface area contributed by atoms with Crippen molar-refractivity contribution in [3.8, 4) is 5.75 Å². The van der Waals surface area contributed by atoms with Crippen molar-refractivity contribution in [2.24, 2.45) is 11.1 Å². The fraction of sp³-hybridized carbons (Fsp3) is 0.579. The minimum atomic E-state index is -0.651. The van der Waals surface area contributed by atoms with E-state index in [0.717, 1.165) is 32.4 Å². The Kier molecular flexibility index (Phi) is 5.78. The standard InChI is InChI=1S/C19H27N3O4/c20-17(24)14-3-5-15(6-4-14)26-12-2-10-22-11-7-16(23)19(13-22)8-1-9-21-18(19)25/h3-6,16,23H,1-2,7-13H2,(H2,20,24)(H,21,25)/t16-,19-/m1/s1. The molecule has 7 nitrogen and oxygen atoms in total. The number of piperidine rings is 2. The first-order valence-corrected chi connectivity index (χ1v) is 9.23. The monoisotopic (exact) mass is 361 g/mol. The third kappa shape index (κ3) is 3.99. The van der Waals surface area contributed by atoms with Gasteiger partial charge in [0.15, 0.2) is 0 Å². The van der Waals surface area contributed by atoms with E-state index in [4.69, 9.17) is 10.5 Å². The van der Waals surface area contributed by atoms with Crippen LogP contribution < -0.4 is 15.8 Å². The molecule has 1 spiro atoms. The Labute approximate surface area is 153 Å². The molecule has 0 bridgehead atoms. The first kappa shape index (κ1) is 18.7. The van der Waals surface area contributed by atoms with Crippen LogP contribution in [0.15, 0.2) is 24.3 Å². The third-order valence-electron chi connectivity index (χ3n) is 5.43. The molecule has 1 aromatic rings. The fourth-order valence-electron chi connectivity index (χ4n) is 3.91. The van der Waals surface area contributed by atoms with Gasteiger partial charge in [0.1, 0.15) is 5.75 Å². The number of amides is 2. The summed E-state index contributed by atoms with van der Waals surface area (Å²) in [4.78, 5) is 25.7. The molecule has 2 aliphatic rings. The molecule has 4 N–H and O–H groups in total. The van der Waals surface area contributed by atoms with Crippen molar-refractivity contribution in [2.75, 3.05) is 32.8 Å². The summed E-state index contributed by atoms with van der Waals surface area (Å²) in [7, 11) is 0. The zero-order valence-corrected chi connectivity index (χ0v) is 14.9. The Bertz CT molecular complexity index is 649. The number of ether oxygens (including phenoxy) is 1. The summed E-state index contributed by atoms with van der Waals surface area (Å²) < 4.78 is 5.70. The quantitative estimate of drug-likeness (QED) is 0.641. The van der Waals surface area contributed by atoms with Crippen molar-refractivity contribution in [1.29, 1.82) is 0 Å². The summed E-state index contributed by atoms with van der Waals surface area (Å²) in [5.74, 6) is 0.239. The average molecular weight is 361 g/mol. The van der Waals surface area contributed by atoms with E-state index in [2.05, 4.69) is 10.2 Å². The maximum atomic E-state index is 12.4. The number of hydrogen-bond donors (Lipinski definition) is 3. The molecule has 7 heteroatoms. The normalized spacial score (nSPS) is 26.5. The Hall–Kier alpha value is -2.12. The number of carbonyl (C=O) groups is 2. The second-order valence-corrected chi connectivity index (χ2v) is 7.19. The van der Waals surface area contributed by atoms with Crippen LogP contribution in [0.4, 0.5) is 0 Å². The van der Waals surface area contributed by atoms with E-state index in [-0.39, 0.29) is 5.91 Å². The van der Waals surface area contributed by atoms with Gasteiger partial charge in [0, 0.05) is 31.7 Å². The smallest absolute Gasteiger partial charge is 0.248 e. The van der Waals surface area contributed by atoms with Crippen molar-refractivity contribution in [3.05, 3.63) is 29.8 Å². The molecule has 2 atom stereocenters. The largest absolute Gasteiger partial charge is 0.494 e. The summed E-state index contributed by atoms with van der Waals surface area (Å²) in [5, 5.41) is 13.3. The zero-order valence-electron chi connectivity index (χ0n) is 14.9. The molecule has 26 heavy (non-hydrogen) atoms. The number of nitrogens with two attached hydrogens (primary N) is 1. The molecule has 2 fully saturated rings. The first-order valence-electron chi connectivity index (χ1n) is 9.23. The van der Waals surface area contributed by atoms with Crippen LogP contribution in [0.5, 0.6) is 5.75 Å². The summed E-state index contributed by atoms with van der Waals surface area (Å²) in [6.07, 6.45) is 2.56. The number of nitrogens with one attached hydrogen (secondary N) is 1. The molecule has 0 aromatic heterocycles. The predicted octanol–water partition coefficient (Wildman–Crippen LogP) is 0.517. The number of aliphatic hydroxyl groups is 1. The first-order chi connectivity index (χ1) is 12.5. The van der Waals surface area contributed by atoms with Gasteiger partial charge in [-0.2, -0.15) is 0 Å². The van der Waals surface area contributed by atoms with Crippen LogP contribution in [0.3, 0.4) is 0 Å². The highest BCUT2D eigenvalue weighted by molar-refractivity contribution is 5.92. The highest BCUT2D eigenvalue weighted by atomic mass is 16.5. The predicted molar refractivity (Wildman–Crippen MR) is 96.8 cm³/mol. The van der Waals surface area contributed by atoms with Gasteiger partial charge in [-0.05, 0) is 49.9 Å². The molecule has 0 radical (unpaired) electrons. The molecular weight excluding hydrogens is 334 g/mol. The van der Waals surface area contributed by atoms with Crippen LogP contribution in [-0.4, -0.2) is 60.7 Å². The molecule has 2 saturated heterocycles. The summed E-state index contributed by atoms with van der Waals surface area (Å²) in [6.45, 7) is 3.47. The average Bonchev–Trinajstić information content (AvgIpc) is 2.64. The molecule has 0 unspecified atom stereocenters. The summed E-state index contributed by atoms with van der Waals surface area (Å²) >= 11 is 0. The number of likely N-dealkylation sites (tertiary alicyclic amines) is 1. The summed E-state index contributed by atoms with van der Waals surface area (Å²) in [5.41, 5.74) is 5.02. The SMILES string of the molecule is NC(=O)c1ccc(OCCCN2CC[C@@H](O)[C@@]3(CCCNC3=O)C2)cc1. The lowest BCUT2D eigenvalue weighted by Crippen LogP contribution is -2.61. The van der Waals surface area contributed by atoms with Crippen LogP contribution in [0.1, 0.15) is 36.0 Å². The Balaban J connectivity index is 1.46. The lowest BCUT2D eigenvalue weighted by atomic mass is 9.71. The molecule has 1 aromatic carbocycles. The van der Waals surface area contributed by atoms with Crippen LogP contribution in [0.2, 0.25) is 0 Å². The summed E-state index contributed by atoms with van der Waals surface area (Å²) in [6, 6.07) is 6.77. The lowest BCUT2D eigenvalue weighted by molar-refractivity contribution is -0.149. The maximum Gasteiger partial charge on any atom is 0.248 e. The van der Waals surface area contributed by atoms with Crippen molar-refractivity contribution >= 4 is 11.8 Å². The highest BCUT2D eigenvalue weighted by Crippen LogP contribution is 2.37. The van der Waals surface area contributed by atoms with E-state index in [1.54, 1.807) is 24.3 Å². The van der Waals surface area contributed by atoms with E-state index in [1.165, 1.54) is 0 Å². The molecule has 2 amide bonds. The van der Waals surface area contributed by atoms with Crippen molar-refractivity contribution in [1.82, 2.24) is 10.2 Å². The molecule has 0 aliphatic carbocycles. The Morgan fingerprint density at radius 1 is 1.38 bits per heavy atom. The highest BCUT2D eigenvalue weighted by Gasteiger charge is 2.49. The van der Waals surface area contributed by atoms with E-state index in [9.17, 15) is 14.7 Å². The number of nitrogens with zero attached hydrogens (tertiary/aromatic N) is 1. The second kappa shape index (κ2) is 8.05. The van der Waals surface area contributed by atoms with Gasteiger partial charge in [-0.15, -0.1) is 0 Å². The van der Waals surface area contributed by atoms with E-state index >= 15 is 0 Å². The number of aliphatic hydroxyl groups excluding tert-OH is 1. The number of carbonyl (C=O) groups excluding carboxylic acids is 2. The second-order valence-electron chi connectivity index (χ2n) is 7.19. The third-order valence-corrected chi connectivity index (χ3v) is 5.43. The van der Waals surface area contributed by atoms with E-state index in [1.807, 2.05) is 0 Å². The molecule has 2 heterocycles. The van der Waals surface area contributed by atoms with Gasteiger partial charge >= 0.3 is 0 Å². The minimum absolute atomic E-state index is 0.00765. The molecule has 0 saturated carbocycles. The minimum Gasteiger partial charge on any atom is -0.494 e. The topological polar surface area (TPSA) is 105 Å². The van der Waals surface area contributed by atoms with E-state index < -0.39 is 17.4 Å². The number of rotatable bonds is 6. The molecule has 3 rings (SSSR count). The van der Waals surface area contributed by atoms with Crippen molar-refractivity contribution in [3.63, 3.8) is 0 Å². The lowest BCUT2D eigenvalue weighted by Gasteiger charge is -2.47.